The summed E-state index contributed by atoms with van der Waals surface area (Å²) in [6.45, 7) is 9.36. The molecule has 2 aromatic carbocycles. The molecular weight excluding hydrogens is 396 g/mol. The van der Waals surface area contributed by atoms with E-state index in [1.165, 1.54) is 0 Å². The molecule has 2 amide bonds. The van der Waals surface area contributed by atoms with Crippen molar-refractivity contribution in [3.8, 4) is 17.2 Å². The SMILES string of the molecule is CCOc1cc(C(=O)N[C@@H]2CC(=O)N(c3ccc(C)cc3)C2)cc(OCC)c1OCC. The average molecular weight is 427 g/mol. The maximum absolute atomic E-state index is 13.0. The maximum atomic E-state index is 13.0. The maximum Gasteiger partial charge on any atom is 0.251 e. The van der Waals surface area contributed by atoms with E-state index in [0.717, 1.165) is 11.3 Å². The van der Waals surface area contributed by atoms with Crippen LogP contribution in [0.4, 0.5) is 5.69 Å². The standard InChI is InChI=1S/C24H30N2O5/c1-5-29-20-12-17(13-21(30-6-2)23(20)31-7-3)24(28)25-18-14-22(27)26(15-18)19-10-8-16(4)9-11-19/h8-13,18H,5-7,14-15H2,1-4H3,(H,25,28)/t18-/m1/s1. The molecule has 0 saturated carbocycles. The fourth-order valence-corrected chi connectivity index (χ4v) is 3.57. The molecule has 7 heteroatoms. The molecule has 0 aliphatic carbocycles. The molecule has 3 rings (SSSR count). The zero-order valence-corrected chi connectivity index (χ0v) is 18.6. The molecule has 31 heavy (non-hydrogen) atoms. The molecule has 2 aromatic rings. The summed E-state index contributed by atoms with van der Waals surface area (Å²) in [4.78, 5) is 27.2. The van der Waals surface area contributed by atoms with Gasteiger partial charge < -0.3 is 24.4 Å². The molecule has 1 N–H and O–H groups in total. The van der Waals surface area contributed by atoms with Crippen LogP contribution in [0.15, 0.2) is 36.4 Å². The molecule has 1 saturated heterocycles. The van der Waals surface area contributed by atoms with Crippen molar-refractivity contribution in [2.24, 2.45) is 0 Å². The number of rotatable bonds is 9. The number of benzene rings is 2. The third-order valence-corrected chi connectivity index (χ3v) is 4.98. The van der Waals surface area contributed by atoms with Crippen molar-refractivity contribution in [2.45, 2.75) is 40.2 Å². The van der Waals surface area contributed by atoms with Crippen LogP contribution in [0, 0.1) is 6.92 Å². The monoisotopic (exact) mass is 426 g/mol. The molecule has 1 aliphatic rings. The van der Waals surface area contributed by atoms with Crippen LogP contribution in [0.25, 0.3) is 0 Å². The zero-order chi connectivity index (χ0) is 22.4. The lowest BCUT2D eigenvalue weighted by atomic mass is 10.1. The van der Waals surface area contributed by atoms with Gasteiger partial charge in [-0.2, -0.15) is 0 Å². The molecule has 1 fully saturated rings. The van der Waals surface area contributed by atoms with E-state index in [-0.39, 0.29) is 24.3 Å². The van der Waals surface area contributed by atoms with Gasteiger partial charge in [0, 0.05) is 24.2 Å². The highest BCUT2D eigenvalue weighted by Crippen LogP contribution is 2.39. The lowest BCUT2D eigenvalue weighted by Crippen LogP contribution is -2.37. The second kappa shape index (κ2) is 10.2. The van der Waals surface area contributed by atoms with Crippen molar-refractivity contribution in [2.75, 3.05) is 31.3 Å². The molecule has 0 aromatic heterocycles. The van der Waals surface area contributed by atoms with Crippen molar-refractivity contribution < 1.29 is 23.8 Å². The van der Waals surface area contributed by atoms with E-state index >= 15 is 0 Å². The van der Waals surface area contributed by atoms with Gasteiger partial charge in [-0.3, -0.25) is 9.59 Å². The van der Waals surface area contributed by atoms with Crippen LogP contribution in [0.1, 0.15) is 43.1 Å². The Morgan fingerprint density at radius 3 is 2.13 bits per heavy atom. The molecule has 0 bridgehead atoms. The van der Waals surface area contributed by atoms with Crippen molar-refractivity contribution >= 4 is 17.5 Å². The van der Waals surface area contributed by atoms with Gasteiger partial charge in [-0.25, -0.2) is 0 Å². The number of carbonyl (C=O) groups excluding carboxylic acids is 2. The predicted octanol–water partition coefficient (Wildman–Crippen LogP) is 3.73. The zero-order valence-electron chi connectivity index (χ0n) is 18.6. The smallest absolute Gasteiger partial charge is 0.251 e. The van der Waals surface area contributed by atoms with Crippen molar-refractivity contribution in [3.05, 3.63) is 47.5 Å². The van der Waals surface area contributed by atoms with Crippen LogP contribution in [0.3, 0.4) is 0 Å². The quantitative estimate of drug-likeness (QED) is 0.661. The molecule has 1 aliphatic heterocycles. The summed E-state index contributed by atoms with van der Waals surface area (Å²) < 4.78 is 17.1. The number of hydrogen-bond acceptors (Lipinski definition) is 5. The number of hydrogen-bond donors (Lipinski definition) is 1. The number of aryl methyl sites for hydroxylation is 1. The third kappa shape index (κ3) is 5.29. The van der Waals surface area contributed by atoms with Crippen molar-refractivity contribution in [1.82, 2.24) is 5.32 Å². The summed E-state index contributed by atoms with van der Waals surface area (Å²) in [6, 6.07) is 10.8. The van der Waals surface area contributed by atoms with Gasteiger partial charge in [0.15, 0.2) is 11.5 Å². The fraction of sp³-hybridized carbons (Fsp3) is 0.417. The Bertz CT molecular complexity index is 899. The van der Waals surface area contributed by atoms with Gasteiger partial charge in [-0.15, -0.1) is 0 Å². The van der Waals surface area contributed by atoms with Crippen LogP contribution >= 0.6 is 0 Å². The van der Waals surface area contributed by atoms with Gasteiger partial charge in [0.25, 0.3) is 5.91 Å². The Morgan fingerprint density at radius 1 is 1.00 bits per heavy atom. The van der Waals surface area contributed by atoms with Crippen LogP contribution in [-0.4, -0.2) is 44.2 Å². The summed E-state index contributed by atoms with van der Waals surface area (Å²) in [5.41, 5.74) is 2.37. The Labute approximate surface area is 183 Å². The molecule has 1 atom stereocenters. The number of amides is 2. The molecule has 0 spiro atoms. The highest BCUT2D eigenvalue weighted by atomic mass is 16.5. The van der Waals surface area contributed by atoms with E-state index in [0.29, 0.717) is 49.2 Å². The Balaban J connectivity index is 1.78. The second-order valence-electron chi connectivity index (χ2n) is 7.32. The van der Waals surface area contributed by atoms with Crippen molar-refractivity contribution in [1.29, 1.82) is 0 Å². The van der Waals surface area contributed by atoms with E-state index in [1.54, 1.807) is 17.0 Å². The first kappa shape index (κ1) is 22.5. The number of nitrogens with zero attached hydrogens (tertiary/aromatic N) is 1. The molecule has 0 radical (unpaired) electrons. The van der Waals surface area contributed by atoms with Gasteiger partial charge in [-0.1, -0.05) is 17.7 Å². The molecule has 1 heterocycles. The van der Waals surface area contributed by atoms with E-state index in [9.17, 15) is 9.59 Å². The molecule has 0 unspecified atom stereocenters. The Hall–Kier alpha value is -3.22. The number of ether oxygens (including phenoxy) is 3. The topological polar surface area (TPSA) is 77.1 Å². The number of carbonyl (C=O) groups is 2. The second-order valence-corrected chi connectivity index (χ2v) is 7.32. The Kier molecular flexibility index (Phi) is 7.39. The van der Waals surface area contributed by atoms with E-state index in [1.807, 2.05) is 52.0 Å². The third-order valence-electron chi connectivity index (χ3n) is 4.98. The predicted molar refractivity (Wildman–Crippen MR) is 119 cm³/mol. The normalized spacial score (nSPS) is 15.7. The van der Waals surface area contributed by atoms with E-state index in [4.69, 9.17) is 14.2 Å². The van der Waals surface area contributed by atoms with Crippen molar-refractivity contribution in [3.63, 3.8) is 0 Å². The summed E-state index contributed by atoms with van der Waals surface area (Å²) in [7, 11) is 0. The van der Waals surface area contributed by atoms with Gasteiger partial charge in [0.2, 0.25) is 11.7 Å². The summed E-state index contributed by atoms with van der Waals surface area (Å²) in [6.07, 6.45) is 0.257. The first-order valence-electron chi connectivity index (χ1n) is 10.7. The summed E-state index contributed by atoms with van der Waals surface area (Å²) >= 11 is 0. The largest absolute Gasteiger partial charge is 0.490 e. The van der Waals surface area contributed by atoms with Gasteiger partial charge >= 0.3 is 0 Å². The average Bonchev–Trinajstić information content (AvgIpc) is 3.11. The number of anilines is 1. The van der Waals surface area contributed by atoms with Crippen LogP contribution < -0.4 is 24.4 Å². The fourth-order valence-electron chi connectivity index (χ4n) is 3.57. The van der Waals surface area contributed by atoms with Crippen LogP contribution in [-0.2, 0) is 4.79 Å². The summed E-state index contributed by atoms with van der Waals surface area (Å²) in [5.74, 6) is 1.12. The minimum Gasteiger partial charge on any atom is -0.490 e. The van der Waals surface area contributed by atoms with Crippen LogP contribution in [0.5, 0.6) is 17.2 Å². The lowest BCUT2D eigenvalue weighted by Gasteiger charge is -2.19. The molecular formula is C24H30N2O5. The minimum absolute atomic E-state index is 0.00847. The van der Waals surface area contributed by atoms with E-state index in [2.05, 4.69) is 5.32 Å². The number of nitrogens with one attached hydrogen (secondary N) is 1. The first-order valence-corrected chi connectivity index (χ1v) is 10.7. The lowest BCUT2D eigenvalue weighted by molar-refractivity contribution is -0.117. The van der Waals surface area contributed by atoms with Gasteiger partial charge in [-0.05, 0) is 52.0 Å². The van der Waals surface area contributed by atoms with Gasteiger partial charge in [0.1, 0.15) is 0 Å². The van der Waals surface area contributed by atoms with Crippen LogP contribution in [0.2, 0.25) is 0 Å². The highest BCUT2D eigenvalue weighted by molar-refractivity contribution is 5.99. The first-order chi connectivity index (χ1) is 15.0. The molecule has 166 valence electrons. The molecule has 7 nitrogen and oxygen atoms in total. The minimum atomic E-state index is -0.284. The highest BCUT2D eigenvalue weighted by Gasteiger charge is 2.32. The summed E-state index contributed by atoms with van der Waals surface area (Å²) in [5, 5.41) is 2.97. The Morgan fingerprint density at radius 2 is 1.58 bits per heavy atom. The van der Waals surface area contributed by atoms with E-state index < -0.39 is 0 Å². The van der Waals surface area contributed by atoms with Gasteiger partial charge in [0.05, 0.1) is 25.9 Å².